The predicted octanol–water partition coefficient (Wildman–Crippen LogP) is 2.13. The molecule has 1 aliphatic carbocycles. The summed E-state index contributed by atoms with van der Waals surface area (Å²) in [6.07, 6.45) is 1.92. The van der Waals surface area contributed by atoms with Crippen molar-refractivity contribution in [2.24, 2.45) is 5.73 Å². The Morgan fingerprint density at radius 1 is 1.50 bits per heavy atom. The van der Waals surface area contributed by atoms with E-state index in [1.165, 1.54) is 12.1 Å². The van der Waals surface area contributed by atoms with Gasteiger partial charge in [-0.05, 0) is 31.9 Å². The summed E-state index contributed by atoms with van der Waals surface area (Å²) in [7, 11) is 0. The van der Waals surface area contributed by atoms with Crippen molar-refractivity contribution >= 4 is 5.69 Å². The molecule has 1 aromatic rings. The highest BCUT2D eigenvalue weighted by molar-refractivity contribution is 5.57. The summed E-state index contributed by atoms with van der Waals surface area (Å²) in [5, 5.41) is 3.32. The van der Waals surface area contributed by atoms with Crippen molar-refractivity contribution in [3.63, 3.8) is 0 Å². The van der Waals surface area contributed by atoms with Crippen LogP contribution in [-0.4, -0.2) is 18.7 Å². The topological polar surface area (TPSA) is 47.3 Å². The third kappa shape index (κ3) is 2.44. The molecule has 0 atom stereocenters. The number of anilines is 1. The van der Waals surface area contributed by atoms with Gasteiger partial charge in [-0.2, -0.15) is 0 Å². The Bertz CT molecular complexity index is 364. The van der Waals surface area contributed by atoms with E-state index in [0.717, 1.165) is 18.5 Å². The Hall–Kier alpha value is -1.29. The minimum absolute atomic E-state index is 0.278. The SMILES string of the molecule is CCOc1cc(F)ccc1NC1CC(N)C1. The van der Waals surface area contributed by atoms with Crippen LogP contribution in [0.15, 0.2) is 18.2 Å². The number of benzene rings is 1. The number of hydrogen-bond donors (Lipinski definition) is 2. The maximum absolute atomic E-state index is 13.0. The zero-order chi connectivity index (χ0) is 11.5. The van der Waals surface area contributed by atoms with Crippen LogP contribution in [0.1, 0.15) is 19.8 Å². The molecule has 1 aliphatic rings. The number of rotatable bonds is 4. The fourth-order valence-corrected chi connectivity index (χ4v) is 1.89. The monoisotopic (exact) mass is 224 g/mol. The van der Waals surface area contributed by atoms with Crippen LogP contribution in [0.2, 0.25) is 0 Å². The van der Waals surface area contributed by atoms with Crippen LogP contribution in [0.3, 0.4) is 0 Å². The molecule has 16 heavy (non-hydrogen) atoms. The van der Waals surface area contributed by atoms with E-state index in [4.69, 9.17) is 10.5 Å². The summed E-state index contributed by atoms with van der Waals surface area (Å²) in [5.74, 6) is 0.294. The smallest absolute Gasteiger partial charge is 0.145 e. The summed E-state index contributed by atoms with van der Waals surface area (Å²) in [6.45, 7) is 2.41. The standard InChI is InChI=1S/C12H17FN2O/c1-2-16-12-5-8(13)3-4-11(12)15-10-6-9(14)7-10/h3-5,9-10,15H,2,6-7,14H2,1H3. The number of nitrogens with two attached hydrogens (primary N) is 1. The number of hydrogen-bond acceptors (Lipinski definition) is 3. The molecule has 0 radical (unpaired) electrons. The first-order valence-corrected chi connectivity index (χ1v) is 5.63. The number of halogens is 1. The summed E-state index contributed by atoms with van der Waals surface area (Å²) >= 11 is 0. The molecule has 3 N–H and O–H groups in total. The molecule has 0 bridgehead atoms. The largest absolute Gasteiger partial charge is 0.492 e. The Morgan fingerprint density at radius 3 is 2.88 bits per heavy atom. The molecule has 0 spiro atoms. The van der Waals surface area contributed by atoms with E-state index in [1.54, 1.807) is 6.07 Å². The lowest BCUT2D eigenvalue weighted by molar-refractivity contribution is 0.335. The van der Waals surface area contributed by atoms with Gasteiger partial charge in [-0.3, -0.25) is 0 Å². The van der Waals surface area contributed by atoms with Crippen LogP contribution in [0.4, 0.5) is 10.1 Å². The van der Waals surface area contributed by atoms with Gasteiger partial charge in [0.1, 0.15) is 11.6 Å². The van der Waals surface area contributed by atoms with Gasteiger partial charge in [-0.15, -0.1) is 0 Å². The molecule has 1 saturated carbocycles. The molecule has 0 aliphatic heterocycles. The first kappa shape index (κ1) is 11.2. The normalized spacial score (nSPS) is 23.7. The molecule has 0 heterocycles. The van der Waals surface area contributed by atoms with Crippen molar-refractivity contribution in [1.29, 1.82) is 0 Å². The minimum Gasteiger partial charge on any atom is -0.492 e. The average molecular weight is 224 g/mol. The van der Waals surface area contributed by atoms with E-state index in [1.807, 2.05) is 6.92 Å². The number of ether oxygens (including phenoxy) is 1. The van der Waals surface area contributed by atoms with Crippen LogP contribution in [-0.2, 0) is 0 Å². The summed E-state index contributed by atoms with van der Waals surface area (Å²) in [6, 6.07) is 5.24. The third-order valence-electron chi connectivity index (χ3n) is 2.78. The van der Waals surface area contributed by atoms with Crippen molar-refractivity contribution < 1.29 is 9.13 Å². The Balaban J connectivity index is 2.06. The second-order valence-electron chi connectivity index (χ2n) is 4.15. The van der Waals surface area contributed by atoms with E-state index in [2.05, 4.69) is 5.32 Å². The molecule has 0 aromatic heterocycles. The van der Waals surface area contributed by atoms with Crippen LogP contribution >= 0.6 is 0 Å². The van der Waals surface area contributed by atoms with Crippen LogP contribution in [0.25, 0.3) is 0 Å². The highest BCUT2D eigenvalue weighted by Gasteiger charge is 2.26. The predicted molar refractivity (Wildman–Crippen MR) is 62.2 cm³/mol. The molecule has 88 valence electrons. The van der Waals surface area contributed by atoms with Crippen molar-refractivity contribution in [2.45, 2.75) is 31.8 Å². The van der Waals surface area contributed by atoms with E-state index < -0.39 is 0 Å². The fraction of sp³-hybridized carbons (Fsp3) is 0.500. The van der Waals surface area contributed by atoms with Crippen LogP contribution in [0, 0.1) is 5.82 Å². The van der Waals surface area contributed by atoms with Crippen molar-refractivity contribution in [2.75, 3.05) is 11.9 Å². The summed E-state index contributed by atoms with van der Waals surface area (Å²) in [4.78, 5) is 0. The van der Waals surface area contributed by atoms with E-state index in [-0.39, 0.29) is 5.82 Å². The Labute approximate surface area is 94.8 Å². The Morgan fingerprint density at radius 2 is 2.25 bits per heavy atom. The van der Waals surface area contributed by atoms with Gasteiger partial charge in [0, 0.05) is 18.2 Å². The van der Waals surface area contributed by atoms with Crippen LogP contribution in [0.5, 0.6) is 5.75 Å². The molecular formula is C12H17FN2O. The maximum atomic E-state index is 13.0. The van der Waals surface area contributed by atoms with Crippen molar-refractivity contribution in [3.8, 4) is 5.75 Å². The van der Waals surface area contributed by atoms with Crippen molar-refractivity contribution in [1.82, 2.24) is 0 Å². The first-order valence-electron chi connectivity index (χ1n) is 5.63. The minimum atomic E-state index is -0.278. The Kier molecular flexibility index (Phi) is 3.29. The van der Waals surface area contributed by atoms with Gasteiger partial charge in [-0.25, -0.2) is 4.39 Å². The van der Waals surface area contributed by atoms with E-state index in [9.17, 15) is 4.39 Å². The van der Waals surface area contributed by atoms with E-state index in [0.29, 0.717) is 24.4 Å². The van der Waals surface area contributed by atoms with Gasteiger partial charge in [0.25, 0.3) is 0 Å². The first-order chi connectivity index (χ1) is 7.69. The second-order valence-corrected chi connectivity index (χ2v) is 4.15. The van der Waals surface area contributed by atoms with E-state index >= 15 is 0 Å². The molecule has 1 aromatic carbocycles. The summed E-state index contributed by atoms with van der Waals surface area (Å²) in [5.41, 5.74) is 6.56. The average Bonchev–Trinajstić information content (AvgIpc) is 2.20. The lowest BCUT2D eigenvalue weighted by Gasteiger charge is -2.34. The lowest BCUT2D eigenvalue weighted by atomic mass is 9.87. The van der Waals surface area contributed by atoms with Gasteiger partial charge < -0.3 is 15.8 Å². The third-order valence-corrected chi connectivity index (χ3v) is 2.78. The number of nitrogens with one attached hydrogen (secondary N) is 1. The zero-order valence-corrected chi connectivity index (χ0v) is 9.37. The van der Waals surface area contributed by atoms with Gasteiger partial charge in [0.05, 0.1) is 12.3 Å². The van der Waals surface area contributed by atoms with Gasteiger partial charge in [-0.1, -0.05) is 0 Å². The molecule has 0 unspecified atom stereocenters. The second kappa shape index (κ2) is 4.70. The molecule has 3 nitrogen and oxygen atoms in total. The molecular weight excluding hydrogens is 207 g/mol. The molecule has 4 heteroatoms. The molecule has 0 saturated heterocycles. The lowest BCUT2D eigenvalue weighted by Crippen LogP contribution is -2.44. The quantitative estimate of drug-likeness (QED) is 0.823. The highest BCUT2D eigenvalue weighted by Crippen LogP contribution is 2.30. The zero-order valence-electron chi connectivity index (χ0n) is 9.37. The van der Waals surface area contributed by atoms with Gasteiger partial charge >= 0.3 is 0 Å². The van der Waals surface area contributed by atoms with Gasteiger partial charge in [0.15, 0.2) is 0 Å². The van der Waals surface area contributed by atoms with Gasteiger partial charge in [0.2, 0.25) is 0 Å². The fourth-order valence-electron chi connectivity index (χ4n) is 1.89. The highest BCUT2D eigenvalue weighted by atomic mass is 19.1. The maximum Gasteiger partial charge on any atom is 0.145 e. The van der Waals surface area contributed by atoms with Crippen molar-refractivity contribution in [3.05, 3.63) is 24.0 Å². The van der Waals surface area contributed by atoms with Crippen LogP contribution < -0.4 is 15.8 Å². The molecule has 0 amide bonds. The summed E-state index contributed by atoms with van der Waals surface area (Å²) < 4.78 is 18.4. The molecule has 2 rings (SSSR count). The molecule has 1 fully saturated rings.